The second-order valence-corrected chi connectivity index (χ2v) is 7.34. The summed E-state index contributed by atoms with van der Waals surface area (Å²) in [5.74, 6) is 0.462. The SMILES string of the molecule is C/C=C(\C=C/CC)c1cc(C2=CC=CC(C)C=C2)c(C)c(-c2ccccc2)c1. The zero-order chi connectivity index (χ0) is 19.9. The van der Waals surface area contributed by atoms with E-state index in [-0.39, 0.29) is 0 Å². The van der Waals surface area contributed by atoms with Gasteiger partial charge in [0.1, 0.15) is 0 Å². The van der Waals surface area contributed by atoms with Gasteiger partial charge in [0.15, 0.2) is 0 Å². The summed E-state index contributed by atoms with van der Waals surface area (Å²) in [5.41, 5.74) is 8.99. The fraction of sp³-hybridized carbons (Fsp3) is 0.214. The Bertz CT molecular complexity index is 963. The molecule has 0 spiro atoms. The lowest BCUT2D eigenvalue weighted by Crippen LogP contribution is -1.95. The fourth-order valence-electron chi connectivity index (χ4n) is 3.59. The third-order valence-electron chi connectivity index (χ3n) is 5.25. The topological polar surface area (TPSA) is 0 Å². The molecule has 0 radical (unpaired) electrons. The van der Waals surface area contributed by atoms with Crippen LogP contribution in [-0.4, -0.2) is 0 Å². The van der Waals surface area contributed by atoms with Crippen molar-refractivity contribution in [2.45, 2.75) is 34.1 Å². The Hall–Kier alpha value is -2.86. The number of allylic oxidation sites excluding steroid dienone is 10. The Morgan fingerprint density at radius 1 is 1.04 bits per heavy atom. The van der Waals surface area contributed by atoms with Crippen molar-refractivity contribution in [3.8, 4) is 11.1 Å². The Kier molecular flexibility index (Phi) is 6.66. The average Bonchev–Trinajstić information content (AvgIpc) is 2.94. The Labute approximate surface area is 170 Å². The van der Waals surface area contributed by atoms with Crippen molar-refractivity contribution in [3.05, 3.63) is 108 Å². The summed E-state index contributed by atoms with van der Waals surface area (Å²) in [7, 11) is 0. The van der Waals surface area contributed by atoms with Crippen LogP contribution in [0.5, 0.6) is 0 Å². The van der Waals surface area contributed by atoms with Gasteiger partial charge >= 0.3 is 0 Å². The molecule has 3 rings (SSSR count). The van der Waals surface area contributed by atoms with Crippen LogP contribution in [0.25, 0.3) is 22.3 Å². The lowest BCUT2D eigenvalue weighted by atomic mass is 9.88. The molecule has 0 saturated heterocycles. The minimum absolute atomic E-state index is 0.462. The van der Waals surface area contributed by atoms with E-state index in [4.69, 9.17) is 0 Å². The monoisotopic (exact) mass is 366 g/mol. The molecule has 0 heterocycles. The first-order valence-electron chi connectivity index (χ1n) is 10.2. The molecule has 142 valence electrons. The van der Waals surface area contributed by atoms with Gasteiger partial charge in [0.05, 0.1) is 0 Å². The molecule has 1 aliphatic rings. The molecule has 1 unspecified atom stereocenters. The van der Waals surface area contributed by atoms with Crippen molar-refractivity contribution in [2.24, 2.45) is 5.92 Å². The van der Waals surface area contributed by atoms with Crippen LogP contribution in [0.3, 0.4) is 0 Å². The summed E-state index contributed by atoms with van der Waals surface area (Å²) in [4.78, 5) is 0. The molecule has 0 bridgehead atoms. The van der Waals surface area contributed by atoms with Crippen molar-refractivity contribution in [2.75, 3.05) is 0 Å². The lowest BCUT2D eigenvalue weighted by Gasteiger charge is -2.16. The highest BCUT2D eigenvalue weighted by Gasteiger charge is 2.13. The normalized spacial score (nSPS) is 17.1. The second kappa shape index (κ2) is 9.37. The van der Waals surface area contributed by atoms with E-state index < -0.39 is 0 Å². The van der Waals surface area contributed by atoms with Gasteiger partial charge in [-0.1, -0.05) is 92.8 Å². The molecule has 0 fully saturated rings. The van der Waals surface area contributed by atoms with Gasteiger partial charge in [0.2, 0.25) is 0 Å². The summed E-state index contributed by atoms with van der Waals surface area (Å²) in [6.45, 7) is 8.75. The zero-order valence-electron chi connectivity index (χ0n) is 17.4. The number of hydrogen-bond donors (Lipinski definition) is 0. The molecule has 28 heavy (non-hydrogen) atoms. The van der Waals surface area contributed by atoms with Crippen LogP contribution < -0.4 is 0 Å². The van der Waals surface area contributed by atoms with E-state index in [1.54, 1.807) is 0 Å². The lowest BCUT2D eigenvalue weighted by molar-refractivity contribution is 0.943. The van der Waals surface area contributed by atoms with E-state index in [0.717, 1.165) is 6.42 Å². The summed E-state index contributed by atoms with van der Waals surface area (Å²) in [6.07, 6.45) is 18.9. The van der Waals surface area contributed by atoms with Crippen LogP contribution in [0.1, 0.15) is 43.9 Å². The average molecular weight is 367 g/mol. The Morgan fingerprint density at radius 2 is 1.79 bits per heavy atom. The molecule has 2 aromatic carbocycles. The Balaban J connectivity index is 2.23. The van der Waals surface area contributed by atoms with Crippen molar-refractivity contribution in [3.63, 3.8) is 0 Å². The maximum Gasteiger partial charge on any atom is -0.00754 e. The first kappa shape index (κ1) is 19.9. The van der Waals surface area contributed by atoms with E-state index >= 15 is 0 Å². The highest BCUT2D eigenvalue weighted by molar-refractivity contribution is 5.87. The molecule has 0 N–H and O–H groups in total. The van der Waals surface area contributed by atoms with Gasteiger partial charge in [-0.2, -0.15) is 0 Å². The quantitative estimate of drug-likeness (QED) is 0.468. The predicted octanol–water partition coefficient (Wildman–Crippen LogP) is 8.18. The van der Waals surface area contributed by atoms with E-state index in [1.165, 1.54) is 39.0 Å². The smallest absolute Gasteiger partial charge is 0.00754 e. The first-order valence-corrected chi connectivity index (χ1v) is 10.2. The van der Waals surface area contributed by atoms with Crippen LogP contribution >= 0.6 is 0 Å². The number of hydrogen-bond acceptors (Lipinski definition) is 0. The van der Waals surface area contributed by atoms with Gasteiger partial charge in [0.25, 0.3) is 0 Å². The highest BCUT2D eigenvalue weighted by atomic mass is 14.2. The Morgan fingerprint density at radius 3 is 2.50 bits per heavy atom. The number of rotatable bonds is 5. The largest absolute Gasteiger partial charge is 0.0842 e. The first-order chi connectivity index (χ1) is 13.6. The second-order valence-electron chi connectivity index (χ2n) is 7.34. The molecule has 0 aromatic heterocycles. The summed E-state index contributed by atoms with van der Waals surface area (Å²) >= 11 is 0. The van der Waals surface area contributed by atoms with E-state index in [9.17, 15) is 0 Å². The number of benzene rings is 2. The van der Waals surface area contributed by atoms with E-state index in [1.807, 2.05) is 0 Å². The molecule has 1 atom stereocenters. The molecular weight excluding hydrogens is 336 g/mol. The van der Waals surface area contributed by atoms with Gasteiger partial charge in [-0.3, -0.25) is 0 Å². The van der Waals surface area contributed by atoms with Crippen molar-refractivity contribution in [1.82, 2.24) is 0 Å². The minimum Gasteiger partial charge on any atom is -0.0842 e. The maximum absolute atomic E-state index is 2.34. The van der Waals surface area contributed by atoms with Crippen molar-refractivity contribution >= 4 is 11.1 Å². The molecule has 0 saturated carbocycles. The van der Waals surface area contributed by atoms with Crippen molar-refractivity contribution in [1.29, 1.82) is 0 Å². The molecule has 0 nitrogen and oxygen atoms in total. The third-order valence-corrected chi connectivity index (χ3v) is 5.25. The van der Waals surface area contributed by atoms with Gasteiger partial charge in [-0.15, -0.1) is 0 Å². The summed E-state index contributed by atoms with van der Waals surface area (Å²) in [5, 5.41) is 0. The van der Waals surface area contributed by atoms with Gasteiger partial charge in [0, 0.05) is 0 Å². The van der Waals surface area contributed by atoms with Crippen LogP contribution in [0.2, 0.25) is 0 Å². The standard InChI is InChI=1S/C28H30/c1-5-7-13-23(6-2)26-19-27(24-14-9-8-10-15-24)22(4)28(20-26)25-16-11-12-21(3)17-18-25/h6-21H,5H2,1-4H3/b13-7-,23-6+. The van der Waals surface area contributed by atoms with Gasteiger partial charge in [-0.05, 0) is 77.3 Å². The molecule has 1 aliphatic carbocycles. The maximum atomic E-state index is 2.34. The van der Waals surface area contributed by atoms with Crippen LogP contribution in [0.4, 0.5) is 0 Å². The molecule has 0 aliphatic heterocycles. The highest BCUT2D eigenvalue weighted by Crippen LogP contribution is 2.35. The summed E-state index contributed by atoms with van der Waals surface area (Å²) < 4.78 is 0. The van der Waals surface area contributed by atoms with Crippen LogP contribution in [0.15, 0.2) is 91.1 Å². The molecule has 0 amide bonds. The zero-order valence-corrected chi connectivity index (χ0v) is 17.4. The fourth-order valence-corrected chi connectivity index (χ4v) is 3.59. The van der Waals surface area contributed by atoms with Gasteiger partial charge in [-0.25, -0.2) is 0 Å². The van der Waals surface area contributed by atoms with Crippen LogP contribution in [0, 0.1) is 12.8 Å². The minimum atomic E-state index is 0.462. The van der Waals surface area contributed by atoms with E-state index in [0.29, 0.717) is 5.92 Å². The molecule has 2 aromatic rings. The molecule has 0 heteroatoms. The molecular formula is C28H30. The predicted molar refractivity (Wildman–Crippen MR) is 125 cm³/mol. The van der Waals surface area contributed by atoms with Crippen molar-refractivity contribution < 1.29 is 0 Å². The van der Waals surface area contributed by atoms with Gasteiger partial charge < -0.3 is 0 Å². The van der Waals surface area contributed by atoms with Crippen LogP contribution in [-0.2, 0) is 0 Å². The van der Waals surface area contributed by atoms with E-state index in [2.05, 4.69) is 119 Å². The third kappa shape index (κ3) is 4.51. The summed E-state index contributed by atoms with van der Waals surface area (Å²) in [6, 6.07) is 15.4.